The second-order valence-corrected chi connectivity index (χ2v) is 1.80. The predicted octanol–water partition coefficient (Wildman–Crippen LogP) is -0.104. The van der Waals surface area contributed by atoms with Crippen molar-refractivity contribution in [3.8, 4) is 0 Å². The van der Waals surface area contributed by atoms with Crippen LogP contribution in [0.4, 0.5) is 0 Å². The van der Waals surface area contributed by atoms with Gasteiger partial charge < -0.3 is 21.2 Å². The maximum absolute atomic E-state index is 6.90. The van der Waals surface area contributed by atoms with Crippen LogP contribution in [-0.4, -0.2) is 12.4 Å². The van der Waals surface area contributed by atoms with E-state index >= 15 is 0 Å². The fourth-order valence-electron chi connectivity index (χ4n) is 0.670. The van der Waals surface area contributed by atoms with E-state index in [1.54, 1.807) is 6.20 Å². The van der Waals surface area contributed by atoms with Gasteiger partial charge in [-0.05, 0) is 0 Å². The van der Waals surface area contributed by atoms with Crippen LogP contribution in [0.3, 0.4) is 0 Å². The fraction of sp³-hybridized carbons (Fsp3) is 0.167. The summed E-state index contributed by atoms with van der Waals surface area (Å²) in [5.41, 5.74) is 5.82. The molecule has 0 amide bonds. The Bertz CT molecular complexity index is 177. The highest BCUT2D eigenvalue weighted by atomic mass is 16.5. The van der Waals surface area contributed by atoms with E-state index < -0.39 is 0 Å². The van der Waals surface area contributed by atoms with Crippen LogP contribution in [0.2, 0.25) is 0 Å². The molecule has 1 heterocycles. The molecule has 1 rings (SSSR count). The third kappa shape index (κ3) is 1.10. The highest BCUT2D eigenvalue weighted by molar-refractivity contribution is 5.76. The van der Waals surface area contributed by atoms with Crippen molar-refractivity contribution in [1.82, 2.24) is 5.32 Å². The number of nitrogens with one attached hydrogen (secondary N) is 2. The summed E-state index contributed by atoms with van der Waals surface area (Å²) in [5.74, 6) is 0. The molecule has 0 saturated heterocycles. The Labute approximate surface area is 58.9 Å². The Balaban J connectivity index is 2.55. The summed E-state index contributed by atoms with van der Waals surface area (Å²) in [6, 6.07) is 0. The van der Waals surface area contributed by atoms with E-state index in [9.17, 15) is 0 Å². The van der Waals surface area contributed by atoms with Crippen molar-refractivity contribution >= 4 is 6.21 Å². The standard InChI is InChI=1S/C6H9N3O/c7-3-5(4-8)6-9-1-2-10-6/h1-4,6-7,9H,8H2/b5-4+,7-3?. The van der Waals surface area contributed by atoms with Crippen molar-refractivity contribution in [3.05, 3.63) is 24.2 Å². The zero-order valence-corrected chi connectivity index (χ0v) is 5.37. The minimum absolute atomic E-state index is 0.275. The van der Waals surface area contributed by atoms with Gasteiger partial charge in [-0.25, -0.2) is 0 Å². The van der Waals surface area contributed by atoms with E-state index in [2.05, 4.69) is 5.32 Å². The maximum Gasteiger partial charge on any atom is 0.198 e. The fourth-order valence-corrected chi connectivity index (χ4v) is 0.670. The molecule has 4 nitrogen and oxygen atoms in total. The van der Waals surface area contributed by atoms with Crippen molar-refractivity contribution in [3.63, 3.8) is 0 Å². The Morgan fingerprint density at radius 1 is 1.80 bits per heavy atom. The highest BCUT2D eigenvalue weighted by Crippen LogP contribution is 2.04. The normalized spacial score (nSPS) is 23.6. The minimum atomic E-state index is -0.275. The lowest BCUT2D eigenvalue weighted by Crippen LogP contribution is -2.24. The Hall–Kier alpha value is -1.45. The highest BCUT2D eigenvalue weighted by Gasteiger charge is 2.12. The van der Waals surface area contributed by atoms with E-state index in [1.165, 1.54) is 12.5 Å². The van der Waals surface area contributed by atoms with Crippen molar-refractivity contribution in [1.29, 1.82) is 5.41 Å². The molecule has 4 N–H and O–H groups in total. The molecule has 1 atom stereocenters. The van der Waals surface area contributed by atoms with Crippen molar-refractivity contribution in [2.24, 2.45) is 5.73 Å². The number of hydrogen-bond donors (Lipinski definition) is 3. The van der Waals surface area contributed by atoms with Gasteiger partial charge in [0.2, 0.25) is 0 Å². The summed E-state index contributed by atoms with van der Waals surface area (Å²) < 4.78 is 5.01. The molecule has 0 saturated carbocycles. The largest absolute Gasteiger partial charge is 0.472 e. The molecule has 54 valence electrons. The molecule has 1 aliphatic rings. The molecule has 0 spiro atoms. The molecular formula is C6H9N3O. The van der Waals surface area contributed by atoms with Crippen molar-refractivity contribution < 1.29 is 4.74 Å². The first-order valence-electron chi connectivity index (χ1n) is 2.87. The van der Waals surface area contributed by atoms with Gasteiger partial charge in [0.05, 0.1) is 0 Å². The molecule has 0 bridgehead atoms. The summed E-state index contributed by atoms with van der Waals surface area (Å²) in [7, 11) is 0. The van der Waals surface area contributed by atoms with Gasteiger partial charge in [0.1, 0.15) is 6.26 Å². The second-order valence-electron chi connectivity index (χ2n) is 1.80. The molecule has 0 radical (unpaired) electrons. The molecule has 0 aliphatic carbocycles. The summed E-state index contributed by atoms with van der Waals surface area (Å²) in [5, 5.41) is 9.76. The van der Waals surface area contributed by atoms with Crippen LogP contribution in [0.15, 0.2) is 24.2 Å². The molecule has 4 heteroatoms. The van der Waals surface area contributed by atoms with Crippen LogP contribution in [0.1, 0.15) is 0 Å². The number of hydrogen-bond acceptors (Lipinski definition) is 4. The molecule has 0 fully saturated rings. The Morgan fingerprint density at radius 2 is 2.60 bits per heavy atom. The van der Waals surface area contributed by atoms with Crippen LogP contribution < -0.4 is 11.1 Å². The topological polar surface area (TPSA) is 71.1 Å². The van der Waals surface area contributed by atoms with Gasteiger partial charge in [-0.1, -0.05) is 0 Å². The van der Waals surface area contributed by atoms with Crippen LogP contribution >= 0.6 is 0 Å². The Morgan fingerprint density at radius 3 is 3.00 bits per heavy atom. The van der Waals surface area contributed by atoms with E-state index in [0.717, 1.165) is 6.21 Å². The lowest BCUT2D eigenvalue weighted by atomic mass is 10.3. The first kappa shape index (κ1) is 6.67. The SMILES string of the molecule is N=C/C(=C\N)C1NC=CO1. The van der Waals surface area contributed by atoms with Gasteiger partial charge in [-0.15, -0.1) is 0 Å². The van der Waals surface area contributed by atoms with Gasteiger partial charge in [0, 0.05) is 24.2 Å². The molecule has 0 aromatic heterocycles. The first-order chi connectivity index (χ1) is 4.88. The minimum Gasteiger partial charge on any atom is -0.472 e. The smallest absolute Gasteiger partial charge is 0.198 e. The lowest BCUT2D eigenvalue weighted by Gasteiger charge is -2.09. The average molecular weight is 139 g/mol. The Kier molecular flexibility index (Phi) is 1.94. The quantitative estimate of drug-likeness (QED) is 0.468. The molecule has 1 unspecified atom stereocenters. The molecule has 10 heavy (non-hydrogen) atoms. The average Bonchev–Trinajstić information content (AvgIpc) is 2.43. The summed E-state index contributed by atoms with van der Waals surface area (Å²) in [6.07, 6.45) is 5.42. The van der Waals surface area contributed by atoms with Crippen LogP contribution in [0.5, 0.6) is 0 Å². The van der Waals surface area contributed by atoms with Gasteiger partial charge >= 0.3 is 0 Å². The van der Waals surface area contributed by atoms with Gasteiger partial charge in [0.15, 0.2) is 6.23 Å². The monoisotopic (exact) mass is 139 g/mol. The third-order valence-electron chi connectivity index (χ3n) is 1.19. The summed E-state index contributed by atoms with van der Waals surface area (Å²) in [4.78, 5) is 0. The van der Waals surface area contributed by atoms with Gasteiger partial charge in [0.25, 0.3) is 0 Å². The lowest BCUT2D eigenvalue weighted by molar-refractivity contribution is 0.191. The van der Waals surface area contributed by atoms with Gasteiger partial charge in [-0.2, -0.15) is 0 Å². The van der Waals surface area contributed by atoms with Crippen LogP contribution in [0.25, 0.3) is 0 Å². The molecular weight excluding hydrogens is 130 g/mol. The number of rotatable bonds is 2. The third-order valence-corrected chi connectivity index (χ3v) is 1.19. The maximum atomic E-state index is 6.90. The van der Waals surface area contributed by atoms with E-state index in [1.807, 2.05) is 0 Å². The molecule has 0 aromatic rings. The predicted molar refractivity (Wildman–Crippen MR) is 38.2 cm³/mol. The first-order valence-corrected chi connectivity index (χ1v) is 2.87. The van der Waals surface area contributed by atoms with Crippen LogP contribution in [0, 0.1) is 5.41 Å². The zero-order valence-electron chi connectivity index (χ0n) is 5.37. The van der Waals surface area contributed by atoms with Gasteiger partial charge in [-0.3, -0.25) is 0 Å². The number of ether oxygens (including phenoxy) is 1. The summed E-state index contributed by atoms with van der Waals surface area (Å²) >= 11 is 0. The molecule has 1 aliphatic heterocycles. The molecule has 0 aromatic carbocycles. The van der Waals surface area contributed by atoms with Crippen LogP contribution in [-0.2, 0) is 4.74 Å². The van der Waals surface area contributed by atoms with Crippen molar-refractivity contribution in [2.75, 3.05) is 0 Å². The van der Waals surface area contributed by atoms with E-state index in [4.69, 9.17) is 15.9 Å². The summed E-state index contributed by atoms with van der Waals surface area (Å²) in [6.45, 7) is 0. The number of nitrogens with two attached hydrogens (primary N) is 1. The van der Waals surface area contributed by atoms with E-state index in [-0.39, 0.29) is 6.23 Å². The zero-order chi connectivity index (χ0) is 7.40. The van der Waals surface area contributed by atoms with Crippen molar-refractivity contribution in [2.45, 2.75) is 6.23 Å². The second kappa shape index (κ2) is 2.91. The van der Waals surface area contributed by atoms with E-state index in [0.29, 0.717) is 5.57 Å².